The van der Waals surface area contributed by atoms with Gasteiger partial charge in [0.25, 0.3) is 0 Å². The Morgan fingerprint density at radius 1 is 1.44 bits per heavy atom. The highest BCUT2D eigenvalue weighted by Gasteiger charge is 2.34. The molecule has 1 N–H and O–H groups in total. The molecule has 0 saturated carbocycles. The van der Waals surface area contributed by atoms with E-state index in [0.29, 0.717) is 5.88 Å². The van der Waals surface area contributed by atoms with Crippen LogP contribution in [0, 0.1) is 5.92 Å². The third kappa shape index (κ3) is 2.35. The predicted octanol–water partition coefficient (Wildman–Crippen LogP) is 1.27. The van der Waals surface area contributed by atoms with Gasteiger partial charge in [0.15, 0.2) is 0 Å². The summed E-state index contributed by atoms with van der Waals surface area (Å²) < 4.78 is 5.09. The molecule has 3 heterocycles. The van der Waals surface area contributed by atoms with E-state index in [2.05, 4.69) is 21.3 Å². The summed E-state index contributed by atoms with van der Waals surface area (Å²) in [6.45, 7) is 4.57. The lowest BCUT2D eigenvalue weighted by atomic mass is 9.92. The maximum atomic E-state index is 5.09. The highest BCUT2D eigenvalue weighted by molar-refractivity contribution is 5.18. The van der Waals surface area contributed by atoms with E-state index >= 15 is 0 Å². The molecular weight excluding hydrogens is 226 g/mol. The topological polar surface area (TPSA) is 37.4 Å². The molecule has 3 rings (SSSR count). The molecule has 2 aliphatic rings. The Morgan fingerprint density at radius 2 is 2.39 bits per heavy atom. The van der Waals surface area contributed by atoms with Crippen LogP contribution >= 0.6 is 0 Å². The zero-order chi connectivity index (χ0) is 12.4. The van der Waals surface area contributed by atoms with Gasteiger partial charge < -0.3 is 10.1 Å². The van der Waals surface area contributed by atoms with Crippen LogP contribution in [0.1, 0.15) is 18.4 Å². The maximum Gasteiger partial charge on any atom is 0.212 e. The fourth-order valence-electron chi connectivity index (χ4n) is 3.22. The number of ether oxygens (including phenoxy) is 1. The van der Waals surface area contributed by atoms with Gasteiger partial charge in [0.05, 0.1) is 7.11 Å². The van der Waals surface area contributed by atoms with Gasteiger partial charge in [-0.05, 0) is 37.4 Å². The number of nitrogens with one attached hydrogen (secondary N) is 1. The number of hydrogen-bond donors (Lipinski definition) is 1. The summed E-state index contributed by atoms with van der Waals surface area (Å²) in [6, 6.07) is 4.79. The first-order valence-corrected chi connectivity index (χ1v) is 6.80. The highest BCUT2D eigenvalue weighted by Crippen LogP contribution is 2.27. The van der Waals surface area contributed by atoms with Gasteiger partial charge in [0.2, 0.25) is 5.88 Å². The second-order valence-electron chi connectivity index (χ2n) is 5.31. The minimum absolute atomic E-state index is 0.692. The fraction of sp³-hybridized carbons (Fsp3) is 0.643. The van der Waals surface area contributed by atoms with E-state index in [0.717, 1.165) is 25.0 Å². The van der Waals surface area contributed by atoms with Crippen molar-refractivity contribution in [2.45, 2.75) is 25.4 Å². The lowest BCUT2D eigenvalue weighted by molar-refractivity contribution is 0.117. The SMILES string of the molecule is COc1ccc(CN2CCCC3CNCC32)cn1. The Balaban J connectivity index is 1.67. The number of methoxy groups -OCH3 is 1. The van der Waals surface area contributed by atoms with Gasteiger partial charge >= 0.3 is 0 Å². The van der Waals surface area contributed by atoms with Crippen LogP contribution in [0.3, 0.4) is 0 Å². The van der Waals surface area contributed by atoms with E-state index in [1.807, 2.05) is 12.3 Å². The zero-order valence-corrected chi connectivity index (χ0v) is 10.9. The molecule has 2 saturated heterocycles. The zero-order valence-electron chi connectivity index (χ0n) is 10.9. The first-order valence-electron chi connectivity index (χ1n) is 6.80. The van der Waals surface area contributed by atoms with E-state index in [1.54, 1.807) is 7.11 Å². The number of hydrogen-bond acceptors (Lipinski definition) is 4. The quantitative estimate of drug-likeness (QED) is 0.873. The molecule has 0 aromatic carbocycles. The molecule has 2 aliphatic heterocycles. The van der Waals surface area contributed by atoms with Gasteiger partial charge in [-0.2, -0.15) is 0 Å². The van der Waals surface area contributed by atoms with Crippen LogP contribution in [-0.2, 0) is 6.54 Å². The number of pyridine rings is 1. The minimum Gasteiger partial charge on any atom is -0.481 e. The van der Waals surface area contributed by atoms with E-state index in [-0.39, 0.29) is 0 Å². The summed E-state index contributed by atoms with van der Waals surface area (Å²) in [4.78, 5) is 6.89. The van der Waals surface area contributed by atoms with Gasteiger partial charge in [-0.1, -0.05) is 6.07 Å². The van der Waals surface area contributed by atoms with Crippen LogP contribution in [0.25, 0.3) is 0 Å². The van der Waals surface area contributed by atoms with Crippen LogP contribution in [-0.4, -0.2) is 42.7 Å². The number of nitrogens with zero attached hydrogens (tertiary/aromatic N) is 2. The molecular formula is C14H21N3O. The number of likely N-dealkylation sites (tertiary alicyclic amines) is 1. The van der Waals surface area contributed by atoms with Crippen molar-refractivity contribution < 1.29 is 4.74 Å². The minimum atomic E-state index is 0.692. The second kappa shape index (κ2) is 5.24. The first-order chi connectivity index (χ1) is 8.86. The van der Waals surface area contributed by atoms with Gasteiger partial charge in [0.1, 0.15) is 0 Å². The summed E-state index contributed by atoms with van der Waals surface area (Å²) in [5.74, 6) is 1.54. The molecule has 0 radical (unpaired) electrons. The van der Waals surface area contributed by atoms with Gasteiger partial charge in [-0.15, -0.1) is 0 Å². The van der Waals surface area contributed by atoms with Gasteiger partial charge in [-0.25, -0.2) is 4.98 Å². The van der Waals surface area contributed by atoms with Crippen LogP contribution in [0.15, 0.2) is 18.3 Å². The number of fused-ring (bicyclic) bond motifs is 1. The molecule has 1 aromatic heterocycles. The molecule has 98 valence electrons. The van der Waals surface area contributed by atoms with Crippen molar-refractivity contribution >= 4 is 0 Å². The lowest BCUT2D eigenvalue weighted by Crippen LogP contribution is -2.44. The average molecular weight is 247 g/mol. The third-order valence-electron chi connectivity index (χ3n) is 4.19. The Kier molecular flexibility index (Phi) is 3.48. The largest absolute Gasteiger partial charge is 0.481 e. The summed E-state index contributed by atoms with van der Waals surface area (Å²) in [5.41, 5.74) is 1.28. The van der Waals surface area contributed by atoms with Crippen LogP contribution in [0.5, 0.6) is 5.88 Å². The summed E-state index contributed by atoms with van der Waals surface area (Å²) >= 11 is 0. The highest BCUT2D eigenvalue weighted by atomic mass is 16.5. The predicted molar refractivity (Wildman–Crippen MR) is 70.6 cm³/mol. The normalized spacial score (nSPS) is 28.1. The molecule has 4 nitrogen and oxygen atoms in total. The average Bonchev–Trinajstić information content (AvgIpc) is 2.89. The van der Waals surface area contributed by atoms with E-state index in [4.69, 9.17) is 4.74 Å². The Bertz CT molecular complexity index is 393. The van der Waals surface area contributed by atoms with Crippen LogP contribution < -0.4 is 10.1 Å². The second-order valence-corrected chi connectivity index (χ2v) is 5.31. The van der Waals surface area contributed by atoms with Crippen molar-refractivity contribution in [1.29, 1.82) is 0 Å². The van der Waals surface area contributed by atoms with Crippen molar-refractivity contribution in [3.8, 4) is 5.88 Å². The van der Waals surface area contributed by atoms with Crippen molar-refractivity contribution in [3.63, 3.8) is 0 Å². The Morgan fingerprint density at radius 3 is 3.17 bits per heavy atom. The molecule has 0 amide bonds. The van der Waals surface area contributed by atoms with Crippen molar-refractivity contribution in [3.05, 3.63) is 23.9 Å². The standard InChI is InChI=1S/C14H21N3O/c1-18-14-5-4-11(7-16-14)10-17-6-2-3-12-8-15-9-13(12)17/h4-5,7,12-13,15H,2-3,6,8-10H2,1H3. The monoisotopic (exact) mass is 247 g/mol. The molecule has 2 unspecified atom stereocenters. The number of aromatic nitrogens is 1. The molecule has 18 heavy (non-hydrogen) atoms. The maximum absolute atomic E-state index is 5.09. The third-order valence-corrected chi connectivity index (χ3v) is 4.19. The van der Waals surface area contributed by atoms with Crippen LogP contribution in [0.2, 0.25) is 0 Å². The molecule has 1 aromatic rings. The smallest absolute Gasteiger partial charge is 0.212 e. The summed E-state index contributed by atoms with van der Waals surface area (Å²) in [6.07, 6.45) is 4.65. The van der Waals surface area contributed by atoms with Crippen molar-refractivity contribution in [2.24, 2.45) is 5.92 Å². The molecule has 0 bridgehead atoms. The van der Waals surface area contributed by atoms with Crippen molar-refractivity contribution in [2.75, 3.05) is 26.7 Å². The van der Waals surface area contributed by atoms with E-state index in [1.165, 1.54) is 31.5 Å². The summed E-state index contributed by atoms with van der Waals surface area (Å²) in [7, 11) is 1.65. The fourth-order valence-corrected chi connectivity index (χ4v) is 3.22. The number of piperidine rings is 1. The molecule has 4 heteroatoms. The van der Waals surface area contributed by atoms with Crippen molar-refractivity contribution in [1.82, 2.24) is 15.2 Å². The number of rotatable bonds is 3. The summed E-state index contributed by atoms with van der Waals surface area (Å²) in [5, 5.41) is 3.52. The lowest BCUT2D eigenvalue weighted by Gasteiger charge is -2.37. The Hall–Kier alpha value is -1.13. The first kappa shape index (κ1) is 11.9. The van der Waals surface area contributed by atoms with Crippen LogP contribution in [0.4, 0.5) is 0 Å². The molecule has 0 spiro atoms. The molecule has 2 atom stereocenters. The van der Waals surface area contributed by atoms with Gasteiger partial charge in [0, 0.05) is 31.4 Å². The molecule has 0 aliphatic carbocycles. The van der Waals surface area contributed by atoms with E-state index in [9.17, 15) is 0 Å². The molecule has 2 fully saturated rings. The van der Waals surface area contributed by atoms with E-state index < -0.39 is 0 Å². The Labute approximate surface area is 108 Å². The van der Waals surface area contributed by atoms with Gasteiger partial charge in [-0.3, -0.25) is 4.90 Å².